The summed E-state index contributed by atoms with van der Waals surface area (Å²) in [5, 5.41) is 1.09. The van der Waals surface area contributed by atoms with Gasteiger partial charge >= 0.3 is 0 Å². The molecule has 5 rings (SSSR count). The molecule has 23 heavy (non-hydrogen) atoms. The van der Waals surface area contributed by atoms with Crippen molar-refractivity contribution in [1.29, 1.82) is 0 Å². The van der Waals surface area contributed by atoms with Crippen LogP contribution in [-0.4, -0.2) is 36.1 Å². The van der Waals surface area contributed by atoms with Gasteiger partial charge in [-0.15, -0.1) is 0 Å². The molecule has 3 aromatic rings. The fourth-order valence-corrected chi connectivity index (χ4v) is 3.77. The number of rotatable bonds is 2. The summed E-state index contributed by atoms with van der Waals surface area (Å²) in [6, 6.07) is 8.16. The Morgan fingerprint density at radius 2 is 1.52 bits per heavy atom. The third kappa shape index (κ3) is 2.06. The summed E-state index contributed by atoms with van der Waals surface area (Å²) in [6.45, 7) is 4.23. The second-order valence-corrected chi connectivity index (χ2v) is 6.51. The highest BCUT2D eigenvalue weighted by atomic mass is 16.3. The molecule has 0 aliphatic carbocycles. The first-order chi connectivity index (χ1) is 11.4. The van der Waals surface area contributed by atoms with Crippen LogP contribution in [-0.2, 0) is 0 Å². The van der Waals surface area contributed by atoms with Crippen molar-refractivity contribution in [3.05, 3.63) is 24.3 Å². The molecule has 118 valence electrons. The van der Waals surface area contributed by atoms with Gasteiger partial charge in [-0.3, -0.25) is 0 Å². The van der Waals surface area contributed by atoms with Crippen molar-refractivity contribution >= 4 is 33.8 Å². The molecule has 0 atom stereocenters. The summed E-state index contributed by atoms with van der Waals surface area (Å²) in [5.41, 5.74) is 2.70. The van der Waals surface area contributed by atoms with Crippen LogP contribution in [0.4, 0.5) is 11.8 Å². The quantitative estimate of drug-likeness (QED) is 0.724. The van der Waals surface area contributed by atoms with Crippen molar-refractivity contribution in [2.24, 2.45) is 0 Å². The van der Waals surface area contributed by atoms with Crippen LogP contribution in [0.5, 0.6) is 0 Å². The van der Waals surface area contributed by atoms with Gasteiger partial charge in [0, 0.05) is 31.6 Å². The molecule has 0 radical (unpaired) electrons. The summed E-state index contributed by atoms with van der Waals surface area (Å²) in [6.07, 6.45) is 4.91. The second kappa shape index (κ2) is 5.11. The molecule has 5 heteroatoms. The lowest BCUT2D eigenvalue weighted by Gasteiger charge is -2.20. The summed E-state index contributed by atoms with van der Waals surface area (Å²) in [4.78, 5) is 14.4. The van der Waals surface area contributed by atoms with Crippen molar-refractivity contribution in [2.45, 2.75) is 25.7 Å². The lowest BCUT2D eigenvalue weighted by Crippen LogP contribution is -2.24. The van der Waals surface area contributed by atoms with Crippen LogP contribution >= 0.6 is 0 Å². The zero-order chi connectivity index (χ0) is 15.2. The van der Waals surface area contributed by atoms with E-state index in [2.05, 4.69) is 15.9 Å². The van der Waals surface area contributed by atoms with E-state index in [9.17, 15) is 0 Å². The summed E-state index contributed by atoms with van der Waals surface area (Å²) < 4.78 is 6.13. The number of nitrogens with zero attached hydrogens (tertiary/aromatic N) is 4. The van der Waals surface area contributed by atoms with Gasteiger partial charge in [0.25, 0.3) is 0 Å². The van der Waals surface area contributed by atoms with E-state index in [1.165, 1.54) is 25.7 Å². The molecule has 1 aromatic carbocycles. The molecule has 2 aliphatic heterocycles. The number of fused-ring (bicyclic) bond motifs is 3. The van der Waals surface area contributed by atoms with Crippen LogP contribution in [0.3, 0.4) is 0 Å². The predicted molar refractivity (Wildman–Crippen MR) is 92.2 cm³/mol. The summed E-state index contributed by atoms with van der Waals surface area (Å²) >= 11 is 0. The van der Waals surface area contributed by atoms with Crippen LogP contribution in [0.1, 0.15) is 25.7 Å². The number of anilines is 2. The molecule has 0 unspecified atom stereocenters. The summed E-state index contributed by atoms with van der Waals surface area (Å²) in [7, 11) is 0. The zero-order valence-corrected chi connectivity index (χ0v) is 13.2. The highest BCUT2D eigenvalue weighted by Crippen LogP contribution is 2.35. The third-order valence-corrected chi connectivity index (χ3v) is 4.98. The van der Waals surface area contributed by atoms with Crippen LogP contribution in [0.25, 0.3) is 22.1 Å². The average Bonchev–Trinajstić information content (AvgIpc) is 3.33. The van der Waals surface area contributed by atoms with E-state index in [1.54, 1.807) is 0 Å². The van der Waals surface area contributed by atoms with Crippen molar-refractivity contribution in [1.82, 2.24) is 9.97 Å². The Labute approximate surface area is 134 Å². The minimum absolute atomic E-state index is 0.844. The van der Waals surface area contributed by atoms with Crippen molar-refractivity contribution < 1.29 is 4.42 Å². The van der Waals surface area contributed by atoms with Gasteiger partial charge < -0.3 is 14.2 Å². The van der Waals surface area contributed by atoms with E-state index >= 15 is 0 Å². The van der Waals surface area contributed by atoms with Crippen molar-refractivity contribution in [2.75, 3.05) is 36.0 Å². The van der Waals surface area contributed by atoms with E-state index in [4.69, 9.17) is 14.4 Å². The van der Waals surface area contributed by atoms with Gasteiger partial charge in [0.2, 0.25) is 5.95 Å². The molecule has 0 N–H and O–H groups in total. The predicted octanol–water partition coefficient (Wildman–Crippen LogP) is 3.58. The topological polar surface area (TPSA) is 45.4 Å². The van der Waals surface area contributed by atoms with E-state index in [0.717, 1.165) is 60.0 Å². The Balaban J connectivity index is 1.77. The Bertz CT molecular complexity index is 860. The Morgan fingerprint density at radius 1 is 0.826 bits per heavy atom. The number of para-hydroxylation sites is 1. The van der Waals surface area contributed by atoms with Gasteiger partial charge in [-0.05, 0) is 37.8 Å². The Kier molecular flexibility index (Phi) is 2.93. The maximum absolute atomic E-state index is 6.13. The Morgan fingerprint density at radius 3 is 2.30 bits per heavy atom. The molecule has 0 saturated carbocycles. The minimum atomic E-state index is 0.844. The van der Waals surface area contributed by atoms with Crippen LogP contribution < -0.4 is 9.80 Å². The van der Waals surface area contributed by atoms with Gasteiger partial charge in [0.15, 0.2) is 11.4 Å². The van der Waals surface area contributed by atoms with E-state index in [1.807, 2.05) is 18.2 Å². The van der Waals surface area contributed by atoms with Crippen molar-refractivity contribution in [3.63, 3.8) is 0 Å². The number of hydrogen-bond acceptors (Lipinski definition) is 5. The molecule has 0 spiro atoms. The van der Waals surface area contributed by atoms with Crippen LogP contribution in [0.15, 0.2) is 28.7 Å². The normalized spacial score (nSPS) is 18.6. The van der Waals surface area contributed by atoms with Gasteiger partial charge in [0.05, 0.1) is 0 Å². The van der Waals surface area contributed by atoms with Crippen molar-refractivity contribution in [3.8, 4) is 0 Å². The first-order valence-electron chi connectivity index (χ1n) is 8.59. The lowest BCUT2D eigenvalue weighted by molar-refractivity contribution is 0.662. The highest BCUT2D eigenvalue weighted by Gasteiger charge is 2.25. The fraction of sp³-hybridized carbons (Fsp3) is 0.444. The molecule has 0 amide bonds. The van der Waals surface area contributed by atoms with Gasteiger partial charge in [-0.25, -0.2) is 4.98 Å². The first kappa shape index (κ1) is 13.2. The third-order valence-electron chi connectivity index (χ3n) is 4.98. The molecular formula is C18H20N4O. The molecule has 2 aromatic heterocycles. The zero-order valence-electron chi connectivity index (χ0n) is 13.2. The first-order valence-corrected chi connectivity index (χ1v) is 8.59. The molecule has 4 heterocycles. The molecule has 0 bridgehead atoms. The standard InChI is InChI=1S/C18H20N4O/c1-2-8-14-13(7-1)15-16(23-14)17(21-9-3-4-10-21)20-18(19-15)22-11-5-6-12-22/h1-2,7-8H,3-6,9-12H2. The number of furan rings is 1. The largest absolute Gasteiger partial charge is 0.450 e. The minimum Gasteiger partial charge on any atom is -0.450 e. The smallest absolute Gasteiger partial charge is 0.228 e. The van der Waals surface area contributed by atoms with E-state index < -0.39 is 0 Å². The molecule has 2 saturated heterocycles. The number of aromatic nitrogens is 2. The number of hydrogen-bond donors (Lipinski definition) is 0. The SMILES string of the molecule is c1ccc2c(c1)oc1c(N3CCCC3)nc(N3CCCC3)nc12. The Hall–Kier alpha value is -2.30. The maximum atomic E-state index is 6.13. The molecule has 2 aliphatic rings. The maximum Gasteiger partial charge on any atom is 0.228 e. The molecule has 2 fully saturated rings. The number of benzene rings is 1. The second-order valence-electron chi connectivity index (χ2n) is 6.51. The van der Waals surface area contributed by atoms with Gasteiger partial charge in [0.1, 0.15) is 11.1 Å². The summed E-state index contributed by atoms with van der Waals surface area (Å²) in [5.74, 6) is 1.84. The fourth-order valence-electron chi connectivity index (χ4n) is 3.77. The highest BCUT2D eigenvalue weighted by molar-refractivity contribution is 6.06. The lowest BCUT2D eigenvalue weighted by atomic mass is 10.2. The van der Waals surface area contributed by atoms with Crippen LogP contribution in [0, 0.1) is 0 Å². The molecular weight excluding hydrogens is 288 g/mol. The van der Waals surface area contributed by atoms with Crippen LogP contribution in [0.2, 0.25) is 0 Å². The van der Waals surface area contributed by atoms with E-state index in [0.29, 0.717) is 0 Å². The van der Waals surface area contributed by atoms with E-state index in [-0.39, 0.29) is 0 Å². The average molecular weight is 308 g/mol. The molecule has 5 nitrogen and oxygen atoms in total. The van der Waals surface area contributed by atoms with Gasteiger partial charge in [-0.1, -0.05) is 12.1 Å². The van der Waals surface area contributed by atoms with Gasteiger partial charge in [-0.2, -0.15) is 4.98 Å². The monoisotopic (exact) mass is 308 g/mol.